The van der Waals surface area contributed by atoms with E-state index in [2.05, 4.69) is 6.92 Å². The van der Waals surface area contributed by atoms with E-state index in [1.807, 2.05) is 0 Å². The third kappa shape index (κ3) is 8.62. The highest BCUT2D eigenvalue weighted by atomic mass is 19.1. The van der Waals surface area contributed by atoms with Gasteiger partial charge < -0.3 is 14.2 Å². The zero-order chi connectivity index (χ0) is 20.1. The molecule has 0 heterocycles. The van der Waals surface area contributed by atoms with Crippen LogP contribution in [0.3, 0.4) is 0 Å². The number of benzene rings is 1. The summed E-state index contributed by atoms with van der Waals surface area (Å²) in [5.41, 5.74) is -0.132. The lowest BCUT2D eigenvalue weighted by molar-refractivity contribution is -0.365. The Labute approximate surface area is 161 Å². The van der Waals surface area contributed by atoms with E-state index in [0.717, 1.165) is 12.8 Å². The van der Waals surface area contributed by atoms with E-state index in [9.17, 15) is 13.2 Å². The molecule has 0 unspecified atom stereocenters. The number of unbranched alkanes of at least 4 members (excludes halogenated alkanes) is 6. The molecule has 0 N–H and O–H groups in total. The first kappa shape index (κ1) is 23.9. The largest absolute Gasteiger partial charge is 0.331 e. The molecule has 6 heteroatoms. The summed E-state index contributed by atoms with van der Waals surface area (Å²) in [6, 6.07) is 1.38. The molecule has 0 aliphatic rings. The Morgan fingerprint density at radius 1 is 0.815 bits per heavy atom. The molecule has 1 aromatic carbocycles. The molecule has 0 saturated carbocycles. The Morgan fingerprint density at radius 2 is 1.37 bits per heavy atom. The summed E-state index contributed by atoms with van der Waals surface area (Å²) >= 11 is 0. The average molecular weight is 390 g/mol. The molecule has 1 aromatic rings. The summed E-state index contributed by atoms with van der Waals surface area (Å²) < 4.78 is 56.8. The van der Waals surface area contributed by atoms with Crippen LogP contribution in [0.25, 0.3) is 0 Å². The highest BCUT2D eigenvalue weighted by Gasteiger charge is 2.30. The zero-order valence-electron chi connectivity index (χ0n) is 16.8. The van der Waals surface area contributed by atoms with Crippen molar-refractivity contribution in [2.24, 2.45) is 0 Å². The fourth-order valence-electron chi connectivity index (χ4n) is 3.06. The van der Waals surface area contributed by atoms with Crippen LogP contribution < -0.4 is 0 Å². The van der Waals surface area contributed by atoms with Crippen molar-refractivity contribution in [2.75, 3.05) is 20.8 Å². The number of halogens is 3. The Balaban J connectivity index is 2.37. The van der Waals surface area contributed by atoms with Gasteiger partial charge in [-0.25, -0.2) is 13.2 Å². The monoisotopic (exact) mass is 390 g/mol. The molecular weight excluding hydrogens is 357 g/mol. The van der Waals surface area contributed by atoms with E-state index in [-0.39, 0.29) is 18.6 Å². The van der Waals surface area contributed by atoms with Gasteiger partial charge in [0.1, 0.15) is 17.5 Å². The van der Waals surface area contributed by atoms with Gasteiger partial charge in [-0.05, 0) is 19.3 Å². The SMILES string of the molecule is CCCCCCCCCC(OC)(OC)OCCCc1c(F)cc(F)cc1F. The summed E-state index contributed by atoms with van der Waals surface area (Å²) in [4.78, 5) is 0. The molecule has 0 radical (unpaired) electrons. The van der Waals surface area contributed by atoms with Gasteiger partial charge in [0.05, 0.1) is 6.61 Å². The minimum Gasteiger partial charge on any atom is -0.331 e. The first-order valence-corrected chi connectivity index (χ1v) is 9.85. The molecule has 156 valence electrons. The Morgan fingerprint density at radius 3 is 1.93 bits per heavy atom. The average Bonchev–Trinajstić information content (AvgIpc) is 2.64. The second-order valence-electron chi connectivity index (χ2n) is 6.76. The van der Waals surface area contributed by atoms with E-state index >= 15 is 0 Å². The van der Waals surface area contributed by atoms with Gasteiger partial charge >= 0.3 is 0 Å². The molecule has 0 amide bonds. The number of hydrogen-bond donors (Lipinski definition) is 0. The second kappa shape index (κ2) is 13.1. The molecule has 3 nitrogen and oxygen atoms in total. The van der Waals surface area contributed by atoms with Crippen molar-refractivity contribution in [3.8, 4) is 0 Å². The van der Waals surface area contributed by atoms with Crippen molar-refractivity contribution in [1.82, 2.24) is 0 Å². The van der Waals surface area contributed by atoms with Crippen LogP contribution in [0.1, 0.15) is 70.3 Å². The van der Waals surface area contributed by atoms with Crippen LogP contribution in [0, 0.1) is 17.5 Å². The van der Waals surface area contributed by atoms with Crippen molar-refractivity contribution in [3.05, 3.63) is 35.1 Å². The maximum Gasteiger partial charge on any atom is 0.282 e. The number of ether oxygens (including phenoxy) is 3. The van der Waals surface area contributed by atoms with Crippen molar-refractivity contribution in [1.29, 1.82) is 0 Å². The van der Waals surface area contributed by atoms with Gasteiger partial charge in [-0.15, -0.1) is 0 Å². The van der Waals surface area contributed by atoms with Gasteiger partial charge in [0.25, 0.3) is 5.97 Å². The first-order chi connectivity index (χ1) is 13.0. The minimum absolute atomic E-state index is 0.110. The second-order valence-corrected chi connectivity index (χ2v) is 6.76. The van der Waals surface area contributed by atoms with Crippen LogP contribution >= 0.6 is 0 Å². The minimum atomic E-state index is -1.14. The van der Waals surface area contributed by atoms with Gasteiger partial charge in [0.15, 0.2) is 0 Å². The first-order valence-electron chi connectivity index (χ1n) is 9.85. The Hall–Kier alpha value is -1.11. The van der Waals surface area contributed by atoms with Crippen LogP contribution in [0.5, 0.6) is 0 Å². The number of hydrogen-bond acceptors (Lipinski definition) is 3. The quantitative estimate of drug-likeness (QED) is 0.266. The maximum atomic E-state index is 13.7. The third-order valence-corrected chi connectivity index (χ3v) is 4.71. The van der Waals surface area contributed by atoms with Crippen LogP contribution in [0.4, 0.5) is 13.2 Å². The summed E-state index contributed by atoms with van der Waals surface area (Å²) in [5.74, 6) is -3.80. The van der Waals surface area contributed by atoms with Gasteiger partial charge in [-0.3, -0.25) is 0 Å². The molecule has 0 aliphatic carbocycles. The fourth-order valence-corrected chi connectivity index (χ4v) is 3.06. The van der Waals surface area contributed by atoms with Crippen LogP contribution in [-0.2, 0) is 20.6 Å². The number of rotatable bonds is 15. The lowest BCUT2D eigenvalue weighted by atomic mass is 10.1. The van der Waals surface area contributed by atoms with Crippen molar-refractivity contribution >= 4 is 0 Å². The van der Waals surface area contributed by atoms with E-state index in [1.165, 1.54) is 46.3 Å². The molecule has 0 aromatic heterocycles. The third-order valence-electron chi connectivity index (χ3n) is 4.71. The summed E-state index contributed by atoms with van der Waals surface area (Å²) in [6.07, 6.45) is 9.24. The highest BCUT2D eigenvalue weighted by Crippen LogP contribution is 2.23. The topological polar surface area (TPSA) is 27.7 Å². The molecular formula is C21H33F3O3. The van der Waals surface area contributed by atoms with Gasteiger partial charge in [0, 0.05) is 38.3 Å². The standard InChI is InChI=1S/C21H33F3O3/c1-4-5-6-7-8-9-10-13-21(25-2,26-3)27-14-11-12-18-19(23)15-17(22)16-20(18)24/h15-16H,4-14H2,1-3H3. The smallest absolute Gasteiger partial charge is 0.282 e. The molecule has 0 spiro atoms. The lowest BCUT2D eigenvalue weighted by Crippen LogP contribution is -2.37. The fraction of sp³-hybridized carbons (Fsp3) is 0.714. The van der Waals surface area contributed by atoms with E-state index in [0.29, 0.717) is 25.0 Å². The van der Waals surface area contributed by atoms with Gasteiger partial charge in [-0.1, -0.05) is 45.4 Å². The maximum absolute atomic E-state index is 13.7. The molecule has 0 bridgehead atoms. The van der Waals surface area contributed by atoms with Crippen molar-refractivity contribution < 1.29 is 27.4 Å². The molecule has 0 aliphatic heterocycles. The predicted molar refractivity (Wildman–Crippen MR) is 99.9 cm³/mol. The molecule has 0 fully saturated rings. The van der Waals surface area contributed by atoms with Crippen LogP contribution in [0.2, 0.25) is 0 Å². The van der Waals surface area contributed by atoms with Gasteiger partial charge in [-0.2, -0.15) is 0 Å². The highest BCUT2D eigenvalue weighted by molar-refractivity contribution is 5.20. The summed E-state index contributed by atoms with van der Waals surface area (Å²) in [7, 11) is 3.04. The van der Waals surface area contributed by atoms with Crippen molar-refractivity contribution in [2.45, 2.75) is 77.1 Å². The summed E-state index contributed by atoms with van der Waals surface area (Å²) in [5, 5.41) is 0. The lowest BCUT2D eigenvalue weighted by Gasteiger charge is -2.30. The van der Waals surface area contributed by atoms with Crippen LogP contribution in [0.15, 0.2) is 12.1 Å². The van der Waals surface area contributed by atoms with Crippen molar-refractivity contribution in [3.63, 3.8) is 0 Å². The molecule has 1 rings (SSSR count). The Bertz CT molecular complexity index is 510. The van der Waals surface area contributed by atoms with E-state index in [4.69, 9.17) is 14.2 Å². The molecule has 0 atom stereocenters. The van der Waals surface area contributed by atoms with E-state index in [1.54, 1.807) is 0 Å². The molecule has 0 saturated heterocycles. The zero-order valence-corrected chi connectivity index (χ0v) is 16.8. The predicted octanol–water partition coefficient (Wildman–Crippen LogP) is 6.14. The van der Waals surface area contributed by atoms with Gasteiger partial charge in [0.2, 0.25) is 0 Å². The Kier molecular flexibility index (Phi) is 11.6. The summed E-state index contributed by atoms with van der Waals surface area (Å²) in [6.45, 7) is 2.41. The molecule has 27 heavy (non-hydrogen) atoms. The van der Waals surface area contributed by atoms with E-state index < -0.39 is 23.4 Å². The number of methoxy groups -OCH3 is 2. The normalized spacial score (nSPS) is 11.9. The van der Waals surface area contributed by atoms with Crippen LogP contribution in [-0.4, -0.2) is 26.8 Å².